The van der Waals surface area contributed by atoms with Gasteiger partial charge in [-0.25, -0.2) is 8.78 Å². The van der Waals surface area contributed by atoms with Gasteiger partial charge in [0.05, 0.1) is 19.8 Å². The number of ether oxygens (including phenoxy) is 2. The molecule has 1 aromatic carbocycles. The molecule has 150 valence electrons. The second-order valence-electron chi connectivity index (χ2n) is 5.53. The molecule has 0 saturated heterocycles. The number of hydrogen-bond donors (Lipinski definition) is 2. The van der Waals surface area contributed by atoms with Gasteiger partial charge in [-0.3, -0.25) is 4.99 Å². The van der Waals surface area contributed by atoms with E-state index in [4.69, 9.17) is 9.47 Å². The Balaban J connectivity index is 0.00000625. The summed E-state index contributed by atoms with van der Waals surface area (Å²) in [5.41, 5.74) is 0.604. The number of guanidine groups is 1. The van der Waals surface area contributed by atoms with E-state index in [1.54, 1.807) is 7.05 Å². The Kier molecular flexibility index (Phi) is 15.6. The Morgan fingerprint density at radius 2 is 1.58 bits per heavy atom. The highest BCUT2D eigenvalue weighted by molar-refractivity contribution is 14.0. The summed E-state index contributed by atoms with van der Waals surface area (Å²) in [4.78, 5) is 4.09. The van der Waals surface area contributed by atoms with Gasteiger partial charge in [0.2, 0.25) is 0 Å². The molecule has 0 fully saturated rings. The first-order valence-corrected chi connectivity index (χ1v) is 8.70. The number of nitrogens with zero attached hydrogens (tertiary/aromatic N) is 1. The fourth-order valence-corrected chi connectivity index (χ4v) is 2.11. The maximum Gasteiger partial charge on any atom is 0.191 e. The lowest BCUT2D eigenvalue weighted by Gasteiger charge is -2.12. The Bertz CT molecular complexity index is 499. The van der Waals surface area contributed by atoms with E-state index in [0.29, 0.717) is 50.9 Å². The van der Waals surface area contributed by atoms with Crippen molar-refractivity contribution in [2.24, 2.45) is 4.99 Å². The van der Waals surface area contributed by atoms with Crippen LogP contribution in [0.1, 0.15) is 25.3 Å². The number of halogens is 3. The maximum absolute atomic E-state index is 13.1. The number of nitrogens with one attached hydrogen (secondary N) is 2. The SMILES string of the molecule is CCCCOCCOCCNC(=NC)NCCc1cc(F)cc(F)c1.I. The molecule has 1 aromatic rings. The van der Waals surface area contributed by atoms with Crippen molar-refractivity contribution in [1.82, 2.24) is 10.6 Å². The Labute approximate surface area is 172 Å². The van der Waals surface area contributed by atoms with Crippen LogP contribution in [-0.4, -0.2) is 52.5 Å². The van der Waals surface area contributed by atoms with Gasteiger partial charge in [0.1, 0.15) is 11.6 Å². The predicted octanol–water partition coefficient (Wildman–Crippen LogP) is 3.12. The topological polar surface area (TPSA) is 54.9 Å². The number of hydrogen-bond acceptors (Lipinski definition) is 3. The molecule has 8 heteroatoms. The predicted molar refractivity (Wildman–Crippen MR) is 111 cm³/mol. The van der Waals surface area contributed by atoms with E-state index in [0.717, 1.165) is 25.5 Å². The normalized spacial score (nSPS) is 11.2. The molecule has 1 rings (SSSR count). The third-order valence-electron chi connectivity index (χ3n) is 3.41. The zero-order chi connectivity index (χ0) is 18.3. The molecule has 0 radical (unpaired) electrons. The molecule has 0 heterocycles. The van der Waals surface area contributed by atoms with Crippen molar-refractivity contribution in [1.29, 1.82) is 0 Å². The molecule has 0 aliphatic rings. The molecule has 0 aliphatic carbocycles. The Hall–Kier alpha value is -1.00. The van der Waals surface area contributed by atoms with Crippen LogP contribution in [0.25, 0.3) is 0 Å². The fourth-order valence-electron chi connectivity index (χ4n) is 2.11. The molecule has 0 atom stereocenters. The van der Waals surface area contributed by atoms with Crippen LogP contribution in [0.2, 0.25) is 0 Å². The van der Waals surface area contributed by atoms with E-state index in [2.05, 4.69) is 22.5 Å². The minimum Gasteiger partial charge on any atom is -0.379 e. The fraction of sp³-hybridized carbons (Fsp3) is 0.611. The average Bonchev–Trinajstić information content (AvgIpc) is 2.58. The first-order chi connectivity index (χ1) is 12.2. The zero-order valence-electron chi connectivity index (χ0n) is 15.5. The van der Waals surface area contributed by atoms with Crippen LogP contribution >= 0.6 is 24.0 Å². The van der Waals surface area contributed by atoms with Crippen LogP contribution in [-0.2, 0) is 15.9 Å². The zero-order valence-corrected chi connectivity index (χ0v) is 17.9. The van der Waals surface area contributed by atoms with Gasteiger partial charge in [-0.2, -0.15) is 0 Å². The van der Waals surface area contributed by atoms with E-state index in [9.17, 15) is 8.78 Å². The smallest absolute Gasteiger partial charge is 0.191 e. The molecular formula is C18H30F2IN3O2. The molecule has 0 aromatic heterocycles. The van der Waals surface area contributed by atoms with Crippen molar-refractivity contribution in [3.63, 3.8) is 0 Å². The highest BCUT2D eigenvalue weighted by Crippen LogP contribution is 2.07. The van der Waals surface area contributed by atoms with Gasteiger partial charge in [-0.1, -0.05) is 13.3 Å². The molecule has 5 nitrogen and oxygen atoms in total. The van der Waals surface area contributed by atoms with Crippen LogP contribution in [0.15, 0.2) is 23.2 Å². The van der Waals surface area contributed by atoms with Gasteiger partial charge < -0.3 is 20.1 Å². The third kappa shape index (κ3) is 12.4. The Morgan fingerprint density at radius 1 is 0.962 bits per heavy atom. The van der Waals surface area contributed by atoms with Crippen LogP contribution < -0.4 is 10.6 Å². The van der Waals surface area contributed by atoms with Crippen LogP contribution in [0.4, 0.5) is 8.78 Å². The summed E-state index contributed by atoms with van der Waals surface area (Å²) < 4.78 is 37.1. The minimum absolute atomic E-state index is 0. The van der Waals surface area contributed by atoms with Crippen molar-refractivity contribution in [2.45, 2.75) is 26.2 Å². The maximum atomic E-state index is 13.1. The molecular weight excluding hydrogens is 455 g/mol. The third-order valence-corrected chi connectivity index (χ3v) is 3.41. The first kappa shape index (κ1) is 25.0. The molecule has 0 unspecified atom stereocenters. The lowest BCUT2D eigenvalue weighted by Crippen LogP contribution is -2.39. The molecule has 0 spiro atoms. The van der Waals surface area contributed by atoms with Crippen molar-refractivity contribution < 1.29 is 18.3 Å². The molecule has 0 saturated carbocycles. The quantitative estimate of drug-likeness (QED) is 0.207. The Morgan fingerprint density at radius 3 is 2.19 bits per heavy atom. The highest BCUT2D eigenvalue weighted by Gasteiger charge is 2.02. The number of unbranched alkanes of at least 4 members (excludes halogenated alkanes) is 1. The average molecular weight is 485 g/mol. The van der Waals surface area contributed by atoms with E-state index in [1.165, 1.54) is 12.1 Å². The van der Waals surface area contributed by atoms with Crippen molar-refractivity contribution in [3.05, 3.63) is 35.4 Å². The first-order valence-electron chi connectivity index (χ1n) is 8.70. The number of benzene rings is 1. The van der Waals surface area contributed by atoms with E-state index < -0.39 is 11.6 Å². The van der Waals surface area contributed by atoms with Crippen molar-refractivity contribution >= 4 is 29.9 Å². The summed E-state index contributed by atoms with van der Waals surface area (Å²) in [7, 11) is 1.67. The summed E-state index contributed by atoms with van der Waals surface area (Å²) in [5.74, 6) is -0.499. The lowest BCUT2D eigenvalue weighted by atomic mass is 10.1. The molecule has 0 amide bonds. The van der Waals surface area contributed by atoms with E-state index in [-0.39, 0.29) is 24.0 Å². The number of aliphatic imine (C=N–C) groups is 1. The van der Waals surface area contributed by atoms with Gasteiger partial charge in [0.25, 0.3) is 0 Å². The second-order valence-corrected chi connectivity index (χ2v) is 5.53. The molecule has 26 heavy (non-hydrogen) atoms. The summed E-state index contributed by atoms with van der Waals surface area (Å²) in [6.07, 6.45) is 2.71. The highest BCUT2D eigenvalue weighted by atomic mass is 127. The lowest BCUT2D eigenvalue weighted by molar-refractivity contribution is 0.0487. The van der Waals surface area contributed by atoms with Crippen LogP contribution in [0, 0.1) is 11.6 Å². The van der Waals surface area contributed by atoms with E-state index >= 15 is 0 Å². The summed E-state index contributed by atoms with van der Waals surface area (Å²) in [5, 5.41) is 6.21. The summed E-state index contributed by atoms with van der Waals surface area (Å²) in [6.45, 7) is 5.78. The standard InChI is InChI=1S/C18H29F2N3O2.HI/c1-3-4-8-24-10-11-25-9-7-23-18(21-2)22-6-5-15-12-16(19)14-17(20)13-15;/h12-14H,3-11H2,1-2H3,(H2,21,22,23);1H. The minimum atomic E-state index is -0.562. The van der Waals surface area contributed by atoms with Crippen LogP contribution in [0.3, 0.4) is 0 Å². The number of rotatable bonds is 12. The van der Waals surface area contributed by atoms with Gasteiger partial charge in [0.15, 0.2) is 5.96 Å². The van der Waals surface area contributed by atoms with Crippen molar-refractivity contribution in [3.8, 4) is 0 Å². The summed E-state index contributed by atoms with van der Waals surface area (Å²) >= 11 is 0. The largest absolute Gasteiger partial charge is 0.379 e. The second kappa shape index (κ2) is 16.2. The molecule has 2 N–H and O–H groups in total. The van der Waals surface area contributed by atoms with Crippen molar-refractivity contribution in [2.75, 3.05) is 46.6 Å². The molecule has 0 bridgehead atoms. The monoisotopic (exact) mass is 485 g/mol. The summed E-state index contributed by atoms with van der Waals surface area (Å²) in [6, 6.07) is 3.53. The molecule has 0 aliphatic heterocycles. The van der Waals surface area contributed by atoms with Gasteiger partial charge in [-0.15, -0.1) is 24.0 Å². The van der Waals surface area contributed by atoms with Crippen LogP contribution in [0.5, 0.6) is 0 Å². The van der Waals surface area contributed by atoms with Gasteiger partial charge in [-0.05, 0) is 30.5 Å². The van der Waals surface area contributed by atoms with Gasteiger partial charge in [0, 0.05) is 32.8 Å². The van der Waals surface area contributed by atoms with Gasteiger partial charge >= 0.3 is 0 Å². The van der Waals surface area contributed by atoms with E-state index in [1.807, 2.05) is 0 Å².